The van der Waals surface area contributed by atoms with Gasteiger partial charge < -0.3 is 9.26 Å². The molecule has 0 aliphatic rings. The van der Waals surface area contributed by atoms with E-state index in [0.717, 1.165) is 33.2 Å². The van der Waals surface area contributed by atoms with Crippen molar-refractivity contribution in [1.82, 2.24) is 14.7 Å². The molecule has 1 aromatic carbocycles. The van der Waals surface area contributed by atoms with Crippen LogP contribution in [-0.4, -0.2) is 21.8 Å². The summed E-state index contributed by atoms with van der Waals surface area (Å²) in [6.07, 6.45) is 1.58. The molecule has 3 heterocycles. The minimum absolute atomic E-state index is 0.0558. The summed E-state index contributed by atoms with van der Waals surface area (Å²) in [5, 5.41) is 3.94. The molecular formula is C19H17N3O3S. The lowest BCUT2D eigenvalue weighted by Gasteiger charge is -2.04. The van der Waals surface area contributed by atoms with Gasteiger partial charge in [-0.05, 0) is 49.7 Å². The van der Waals surface area contributed by atoms with Gasteiger partial charge in [0.05, 0.1) is 31.2 Å². The highest BCUT2D eigenvalue weighted by atomic mass is 32.1. The van der Waals surface area contributed by atoms with Crippen LogP contribution in [0.3, 0.4) is 0 Å². The molecule has 7 heteroatoms. The van der Waals surface area contributed by atoms with Crippen LogP contribution in [0.25, 0.3) is 20.7 Å². The molecule has 0 saturated heterocycles. The summed E-state index contributed by atoms with van der Waals surface area (Å²) in [4.78, 5) is 18.3. The third-order valence-corrected chi connectivity index (χ3v) is 5.55. The predicted molar refractivity (Wildman–Crippen MR) is 101 cm³/mol. The molecular weight excluding hydrogens is 350 g/mol. The van der Waals surface area contributed by atoms with Crippen LogP contribution in [0.4, 0.5) is 0 Å². The summed E-state index contributed by atoms with van der Waals surface area (Å²) < 4.78 is 12.6. The molecule has 0 atom stereocenters. The number of methoxy groups -OCH3 is 1. The van der Waals surface area contributed by atoms with Gasteiger partial charge in [0.1, 0.15) is 16.2 Å². The molecule has 0 aliphatic carbocycles. The van der Waals surface area contributed by atoms with Crippen LogP contribution < -0.4 is 10.3 Å². The maximum atomic E-state index is 12.9. The van der Waals surface area contributed by atoms with E-state index in [1.165, 1.54) is 11.3 Å². The second-order valence-corrected chi connectivity index (χ2v) is 7.09. The third-order valence-electron chi connectivity index (χ3n) is 4.39. The lowest BCUT2D eigenvalue weighted by molar-refractivity contribution is 0.392. The fraction of sp³-hybridized carbons (Fsp3) is 0.211. The number of ether oxygens (including phenoxy) is 1. The molecule has 26 heavy (non-hydrogen) atoms. The first-order chi connectivity index (χ1) is 12.6. The van der Waals surface area contributed by atoms with Crippen molar-refractivity contribution in [3.05, 3.63) is 64.0 Å². The molecule has 0 amide bonds. The lowest BCUT2D eigenvalue weighted by atomic mass is 10.2. The van der Waals surface area contributed by atoms with E-state index in [-0.39, 0.29) is 5.56 Å². The van der Waals surface area contributed by atoms with Gasteiger partial charge in [0.15, 0.2) is 0 Å². The number of aryl methyl sites for hydroxylation is 2. The molecule has 6 nitrogen and oxygen atoms in total. The molecule has 0 radical (unpaired) electrons. The van der Waals surface area contributed by atoms with Gasteiger partial charge >= 0.3 is 0 Å². The van der Waals surface area contributed by atoms with E-state index in [1.807, 2.05) is 44.2 Å². The second-order valence-electron chi connectivity index (χ2n) is 6.03. The van der Waals surface area contributed by atoms with E-state index in [0.29, 0.717) is 16.8 Å². The summed E-state index contributed by atoms with van der Waals surface area (Å²) in [5.74, 6) is 1.52. The number of fused-ring (bicyclic) bond motifs is 1. The van der Waals surface area contributed by atoms with Gasteiger partial charge in [0.2, 0.25) is 0 Å². The third kappa shape index (κ3) is 2.80. The molecule has 0 N–H and O–H groups in total. The maximum Gasteiger partial charge on any atom is 0.271 e. The lowest BCUT2D eigenvalue weighted by Crippen LogP contribution is -2.20. The van der Waals surface area contributed by atoms with Crippen LogP contribution in [0.5, 0.6) is 5.75 Å². The van der Waals surface area contributed by atoms with Crippen molar-refractivity contribution in [2.75, 3.05) is 7.11 Å². The zero-order valence-electron chi connectivity index (χ0n) is 14.6. The number of thiophene rings is 1. The van der Waals surface area contributed by atoms with Gasteiger partial charge in [-0.1, -0.05) is 5.16 Å². The van der Waals surface area contributed by atoms with Crippen molar-refractivity contribution in [3.63, 3.8) is 0 Å². The fourth-order valence-corrected chi connectivity index (χ4v) is 3.92. The monoisotopic (exact) mass is 367 g/mol. The molecule has 0 unspecified atom stereocenters. The van der Waals surface area contributed by atoms with Crippen LogP contribution in [0.1, 0.15) is 17.0 Å². The van der Waals surface area contributed by atoms with Crippen LogP contribution in [-0.2, 0) is 6.54 Å². The van der Waals surface area contributed by atoms with Gasteiger partial charge in [-0.25, -0.2) is 4.98 Å². The second kappa shape index (κ2) is 6.42. The summed E-state index contributed by atoms with van der Waals surface area (Å²) >= 11 is 1.45. The highest BCUT2D eigenvalue weighted by Gasteiger charge is 2.14. The number of hydrogen-bond acceptors (Lipinski definition) is 6. The molecule has 0 aliphatic heterocycles. The first-order valence-electron chi connectivity index (χ1n) is 8.12. The average molecular weight is 367 g/mol. The molecule has 0 fully saturated rings. The smallest absolute Gasteiger partial charge is 0.271 e. The molecule has 0 saturated carbocycles. The minimum atomic E-state index is -0.0558. The van der Waals surface area contributed by atoms with Crippen molar-refractivity contribution in [2.24, 2.45) is 0 Å². The van der Waals surface area contributed by atoms with E-state index < -0.39 is 0 Å². The van der Waals surface area contributed by atoms with Gasteiger partial charge in [-0.3, -0.25) is 9.36 Å². The quantitative estimate of drug-likeness (QED) is 0.549. The summed E-state index contributed by atoms with van der Waals surface area (Å²) in [5.41, 5.74) is 3.39. The van der Waals surface area contributed by atoms with Crippen LogP contribution in [0.2, 0.25) is 0 Å². The molecule has 4 aromatic rings. The zero-order valence-corrected chi connectivity index (χ0v) is 15.5. The van der Waals surface area contributed by atoms with Gasteiger partial charge in [-0.2, -0.15) is 0 Å². The van der Waals surface area contributed by atoms with E-state index >= 15 is 0 Å². The van der Waals surface area contributed by atoms with Gasteiger partial charge in [0, 0.05) is 10.4 Å². The highest BCUT2D eigenvalue weighted by Crippen LogP contribution is 2.31. The first kappa shape index (κ1) is 16.5. The number of aromatic nitrogens is 3. The summed E-state index contributed by atoms with van der Waals surface area (Å²) in [7, 11) is 1.64. The Hall–Kier alpha value is -2.93. The topological polar surface area (TPSA) is 70.2 Å². The molecule has 0 spiro atoms. The SMILES string of the molecule is COc1ccc(-c2cc3ncn(Cc4c(C)noc4C)c(=O)c3s2)cc1. The normalized spacial score (nSPS) is 11.2. The Labute approximate surface area is 153 Å². The van der Waals surface area contributed by atoms with Crippen molar-refractivity contribution < 1.29 is 9.26 Å². The Kier molecular flexibility index (Phi) is 4.08. The number of benzene rings is 1. The Bertz CT molecular complexity index is 1120. The van der Waals surface area contributed by atoms with Crippen molar-refractivity contribution in [1.29, 1.82) is 0 Å². The Morgan fingerprint density at radius 3 is 2.65 bits per heavy atom. The first-order valence-corrected chi connectivity index (χ1v) is 8.93. The van der Waals surface area contributed by atoms with Crippen molar-refractivity contribution in [2.45, 2.75) is 20.4 Å². The molecule has 0 bridgehead atoms. The summed E-state index contributed by atoms with van der Waals surface area (Å²) in [6, 6.07) is 9.72. The Morgan fingerprint density at radius 2 is 2.00 bits per heavy atom. The average Bonchev–Trinajstić information content (AvgIpc) is 3.23. The predicted octanol–water partition coefficient (Wildman–Crippen LogP) is 3.79. The highest BCUT2D eigenvalue weighted by molar-refractivity contribution is 7.22. The van der Waals surface area contributed by atoms with Gasteiger partial charge in [-0.15, -0.1) is 11.3 Å². The van der Waals surface area contributed by atoms with E-state index in [9.17, 15) is 4.79 Å². The number of nitrogens with zero attached hydrogens (tertiary/aromatic N) is 3. The Morgan fingerprint density at radius 1 is 1.23 bits per heavy atom. The van der Waals surface area contributed by atoms with Crippen LogP contribution in [0, 0.1) is 13.8 Å². The zero-order chi connectivity index (χ0) is 18.3. The number of hydrogen-bond donors (Lipinski definition) is 0. The summed E-state index contributed by atoms with van der Waals surface area (Å²) in [6.45, 7) is 4.12. The van der Waals surface area contributed by atoms with E-state index in [2.05, 4.69) is 10.1 Å². The maximum absolute atomic E-state index is 12.9. The van der Waals surface area contributed by atoms with Gasteiger partial charge in [0.25, 0.3) is 5.56 Å². The van der Waals surface area contributed by atoms with Crippen molar-refractivity contribution in [3.8, 4) is 16.2 Å². The number of rotatable bonds is 4. The van der Waals surface area contributed by atoms with E-state index in [4.69, 9.17) is 9.26 Å². The van der Waals surface area contributed by atoms with Crippen molar-refractivity contribution >= 4 is 21.6 Å². The largest absolute Gasteiger partial charge is 0.497 e. The molecule has 4 rings (SSSR count). The fourth-order valence-electron chi connectivity index (χ4n) is 2.85. The standard InChI is InChI=1S/C19H17N3O3S/c1-11-15(12(2)25-21-11)9-22-10-20-16-8-17(26-18(16)19(22)23)13-4-6-14(24-3)7-5-13/h4-8,10H,9H2,1-3H3. The van der Waals surface area contributed by atoms with Crippen LogP contribution >= 0.6 is 11.3 Å². The molecule has 132 valence electrons. The molecule has 3 aromatic heterocycles. The van der Waals surface area contributed by atoms with Crippen LogP contribution in [0.15, 0.2) is 46.0 Å². The van der Waals surface area contributed by atoms with E-state index in [1.54, 1.807) is 18.0 Å². The Balaban J connectivity index is 1.75. The minimum Gasteiger partial charge on any atom is -0.497 e.